The second-order valence-electron chi connectivity index (χ2n) is 4.95. The van der Waals surface area contributed by atoms with Gasteiger partial charge in [0.25, 0.3) is 5.56 Å². The molecule has 0 spiro atoms. The van der Waals surface area contributed by atoms with Crippen LogP contribution < -0.4 is 10.9 Å². The number of thiophene rings is 2. The Morgan fingerprint density at radius 2 is 2.22 bits per heavy atom. The zero-order valence-electron chi connectivity index (χ0n) is 12.6. The van der Waals surface area contributed by atoms with Crippen LogP contribution in [0.25, 0.3) is 10.2 Å². The van der Waals surface area contributed by atoms with Crippen molar-refractivity contribution in [3.63, 3.8) is 0 Å². The van der Waals surface area contributed by atoms with Gasteiger partial charge in [0.15, 0.2) is 5.16 Å². The maximum Gasteiger partial charge on any atom is 0.271 e. The molecule has 0 aromatic carbocycles. The Bertz CT molecular complexity index is 883. The summed E-state index contributed by atoms with van der Waals surface area (Å²) in [6.07, 6.45) is 0. The quantitative estimate of drug-likeness (QED) is 0.558. The first kappa shape index (κ1) is 16.2. The summed E-state index contributed by atoms with van der Waals surface area (Å²) in [5, 5.41) is 6.97. The zero-order valence-corrected chi connectivity index (χ0v) is 15.1. The van der Waals surface area contributed by atoms with Crippen molar-refractivity contribution in [2.24, 2.45) is 7.05 Å². The summed E-state index contributed by atoms with van der Waals surface area (Å²) >= 11 is 4.29. The molecular formula is C15H15N3O2S3. The fraction of sp³-hybridized carbons (Fsp3) is 0.267. The molecule has 1 amide bonds. The van der Waals surface area contributed by atoms with E-state index >= 15 is 0 Å². The van der Waals surface area contributed by atoms with Gasteiger partial charge in [-0.25, -0.2) is 4.98 Å². The molecular weight excluding hydrogens is 350 g/mol. The fourth-order valence-electron chi connectivity index (χ4n) is 2.02. The lowest BCUT2D eigenvalue weighted by Gasteiger charge is -2.13. The first-order valence-electron chi connectivity index (χ1n) is 6.97. The summed E-state index contributed by atoms with van der Waals surface area (Å²) < 4.78 is 2.15. The van der Waals surface area contributed by atoms with E-state index in [0.29, 0.717) is 21.9 Å². The smallest absolute Gasteiger partial charge is 0.271 e. The molecule has 0 saturated carbocycles. The summed E-state index contributed by atoms with van der Waals surface area (Å²) in [6, 6.07) is 5.77. The molecule has 0 aliphatic heterocycles. The Hall–Kier alpha value is -1.64. The van der Waals surface area contributed by atoms with Gasteiger partial charge in [-0.3, -0.25) is 14.2 Å². The minimum atomic E-state index is -0.329. The first-order valence-corrected chi connectivity index (χ1v) is 9.61. The minimum Gasteiger partial charge on any atom is -0.350 e. The van der Waals surface area contributed by atoms with Crippen molar-refractivity contribution in [3.8, 4) is 0 Å². The van der Waals surface area contributed by atoms with Gasteiger partial charge in [0.05, 0.1) is 17.3 Å². The molecule has 0 fully saturated rings. The third kappa shape index (κ3) is 3.49. The SMILES string of the molecule is CC(Sc1nc2ccsc2c(=O)n1C)C(=O)NCc1cccs1. The van der Waals surface area contributed by atoms with Crippen LogP contribution in [0.1, 0.15) is 11.8 Å². The van der Waals surface area contributed by atoms with Crippen LogP contribution in [-0.2, 0) is 18.4 Å². The van der Waals surface area contributed by atoms with Crippen LogP contribution in [0.3, 0.4) is 0 Å². The van der Waals surface area contributed by atoms with E-state index in [-0.39, 0.29) is 16.7 Å². The molecule has 1 atom stereocenters. The van der Waals surface area contributed by atoms with Crippen molar-refractivity contribution in [3.05, 3.63) is 44.2 Å². The van der Waals surface area contributed by atoms with Gasteiger partial charge in [0, 0.05) is 11.9 Å². The summed E-state index contributed by atoms with van der Waals surface area (Å²) in [7, 11) is 1.69. The van der Waals surface area contributed by atoms with Crippen LogP contribution in [0.15, 0.2) is 38.9 Å². The lowest BCUT2D eigenvalue weighted by atomic mass is 10.4. The molecule has 0 bridgehead atoms. The summed E-state index contributed by atoms with van der Waals surface area (Å²) in [5.74, 6) is -0.0666. The Morgan fingerprint density at radius 1 is 1.39 bits per heavy atom. The molecule has 1 N–H and O–H groups in total. The lowest BCUT2D eigenvalue weighted by molar-refractivity contribution is -0.120. The monoisotopic (exact) mass is 365 g/mol. The average molecular weight is 366 g/mol. The van der Waals surface area contributed by atoms with Gasteiger partial charge in [0.1, 0.15) is 4.70 Å². The van der Waals surface area contributed by atoms with Crippen molar-refractivity contribution in [2.45, 2.75) is 23.9 Å². The highest BCUT2D eigenvalue weighted by Gasteiger charge is 2.18. The average Bonchev–Trinajstić information content (AvgIpc) is 3.21. The number of carbonyl (C=O) groups is 1. The van der Waals surface area contributed by atoms with Gasteiger partial charge >= 0.3 is 0 Å². The summed E-state index contributed by atoms with van der Waals surface area (Å²) in [5.41, 5.74) is 0.616. The zero-order chi connectivity index (χ0) is 16.4. The van der Waals surface area contributed by atoms with Crippen molar-refractivity contribution in [2.75, 3.05) is 0 Å². The molecule has 3 aromatic heterocycles. The van der Waals surface area contributed by atoms with Gasteiger partial charge in [-0.2, -0.15) is 0 Å². The van der Waals surface area contributed by atoms with Crippen LogP contribution in [0, 0.1) is 0 Å². The molecule has 1 unspecified atom stereocenters. The number of rotatable bonds is 5. The van der Waals surface area contributed by atoms with Gasteiger partial charge in [-0.15, -0.1) is 22.7 Å². The van der Waals surface area contributed by atoms with Crippen molar-refractivity contribution < 1.29 is 4.79 Å². The number of nitrogens with zero attached hydrogens (tertiary/aromatic N) is 2. The first-order chi connectivity index (χ1) is 11.1. The molecule has 23 heavy (non-hydrogen) atoms. The molecule has 3 aromatic rings. The Labute approximate surface area is 145 Å². The predicted octanol–water partition coefficient (Wildman–Crippen LogP) is 2.85. The standard InChI is InChI=1S/C15H15N3O2S3/c1-9(13(19)16-8-10-4-3-6-21-10)23-15-17-11-5-7-22-12(11)14(20)18(15)2/h3-7,9H,8H2,1-2H3,(H,16,19). The maximum absolute atomic E-state index is 12.3. The van der Waals surface area contributed by atoms with Gasteiger partial charge in [0.2, 0.25) is 5.91 Å². The number of aromatic nitrogens is 2. The molecule has 3 rings (SSSR count). The van der Waals surface area contributed by atoms with E-state index in [0.717, 1.165) is 4.88 Å². The van der Waals surface area contributed by atoms with E-state index in [9.17, 15) is 9.59 Å². The normalized spacial score (nSPS) is 12.4. The van der Waals surface area contributed by atoms with Crippen molar-refractivity contribution in [1.82, 2.24) is 14.9 Å². The lowest BCUT2D eigenvalue weighted by Crippen LogP contribution is -2.31. The molecule has 0 radical (unpaired) electrons. The fourth-order valence-corrected chi connectivity index (χ4v) is 4.36. The van der Waals surface area contributed by atoms with E-state index in [2.05, 4.69) is 10.3 Å². The molecule has 8 heteroatoms. The molecule has 0 aliphatic carbocycles. The van der Waals surface area contributed by atoms with E-state index in [4.69, 9.17) is 0 Å². The molecule has 120 valence electrons. The second-order valence-corrected chi connectivity index (χ2v) is 8.21. The number of carbonyl (C=O) groups excluding carboxylic acids is 1. The van der Waals surface area contributed by atoms with Gasteiger partial charge in [-0.05, 0) is 29.8 Å². The van der Waals surface area contributed by atoms with Crippen LogP contribution in [0.4, 0.5) is 0 Å². The minimum absolute atomic E-state index is 0.0666. The highest BCUT2D eigenvalue weighted by atomic mass is 32.2. The van der Waals surface area contributed by atoms with Crippen molar-refractivity contribution >= 4 is 50.6 Å². The Morgan fingerprint density at radius 3 is 2.96 bits per heavy atom. The third-order valence-electron chi connectivity index (χ3n) is 3.31. The Balaban J connectivity index is 1.72. The largest absolute Gasteiger partial charge is 0.350 e. The van der Waals surface area contributed by atoms with Crippen molar-refractivity contribution in [1.29, 1.82) is 0 Å². The molecule has 3 heterocycles. The van der Waals surface area contributed by atoms with Crippen LogP contribution >= 0.6 is 34.4 Å². The van der Waals surface area contributed by atoms with Crippen LogP contribution in [-0.4, -0.2) is 20.7 Å². The molecule has 0 aliphatic rings. The third-order valence-corrected chi connectivity index (χ3v) is 6.23. The van der Waals surface area contributed by atoms with Gasteiger partial charge in [-0.1, -0.05) is 17.8 Å². The molecule has 5 nitrogen and oxygen atoms in total. The number of amides is 1. The van der Waals surface area contributed by atoms with Gasteiger partial charge < -0.3 is 5.32 Å². The number of hydrogen-bond donors (Lipinski definition) is 1. The Kier molecular flexibility index (Phi) is 4.84. The van der Waals surface area contributed by atoms with E-state index < -0.39 is 0 Å². The number of nitrogens with one attached hydrogen (secondary N) is 1. The van der Waals surface area contributed by atoms with Crippen LogP contribution in [0.5, 0.6) is 0 Å². The summed E-state index contributed by atoms with van der Waals surface area (Å²) in [6.45, 7) is 2.34. The maximum atomic E-state index is 12.3. The predicted molar refractivity (Wildman–Crippen MR) is 96.3 cm³/mol. The number of thioether (sulfide) groups is 1. The highest BCUT2D eigenvalue weighted by Crippen LogP contribution is 2.23. The molecule has 0 saturated heterocycles. The number of hydrogen-bond acceptors (Lipinski definition) is 6. The number of fused-ring (bicyclic) bond motifs is 1. The topological polar surface area (TPSA) is 64.0 Å². The van der Waals surface area contributed by atoms with E-state index in [1.165, 1.54) is 27.7 Å². The summed E-state index contributed by atoms with van der Waals surface area (Å²) in [4.78, 5) is 30.1. The highest BCUT2D eigenvalue weighted by molar-refractivity contribution is 8.00. The van der Waals surface area contributed by atoms with E-state index in [1.54, 1.807) is 18.4 Å². The van der Waals surface area contributed by atoms with Crippen LogP contribution in [0.2, 0.25) is 0 Å². The van der Waals surface area contributed by atoms with E-state index in [1.807, 2.05) is 35.9 Å². The second kappa shape index (κ2) is 6.86.